The molecule has 0 aliphatic heterocycles. The molecule has 3 rings (SSSR count). The molecule has 0 bridgehead atoms. The lowest BCUT2D eigenvalue weighted by Crippen LogP contribution is -2.14. The molecular formula is C16H17N3O2S. The van der Waals surface area contributed by atoms with E-state index in [0.29, 0.717) is 24.7 Å². The van der Waals surface area contributed by atoms with Crippen LogP contribution in [0.25, 0.3) is 10.9 Å². The number of benzene rings is 1. The van der Waals surface area contributed by atoms with E-state index < -0.39 is 0 Å². The molecule has 5 nitrogen and oxygen atoms in total. The van der Waals surface area contributed by atoms with Crippen LogP contribution in [-0.4, -0.2) is 22.6 Å². The minimum atomic E-state index is -0.0314. The SMILES string of the molecule is COCc1csc(NC(=O)CCn2ccc3ccccc32)n1. The molecule has 1 amide bonds. The summed E-state index contributed by atoms with van der Waals surface area (Å²) in [6.07, 6.45) is 2.43. The van der Waals surface area contributed by atoms with E-state index in [1.807, 2.05) is 23.7 Å². The smallest absolute Gasteiger partial charge is 0.227 e. The van der Waals surface area contributed by atoms with Crippen molar-refractivity contribution >= 4 is 33.3 Å². The highest BCUT2D eigenvalue weighted by Crippen LogP contribution is 2.17. The summed E-state index contributed by atoms with van der Waals surface area (Å²) in [5.41, 5.74) is 1.98. The number of nitrogens with zero attached hydrogens (tertiary/aromatic N) is 2. The summed E-state index contributed by atoms with van der Waals surface area (Å²) >= 11 is 1.41. The van der Waals surface area contributed by atoms with Crippen molar-refractivity contribution in [2.24, 2.45) is 0 Å². The number of aryl methyl sites for hydroxylation is 1. The molecule has 2 heterocycles. The topological polar surface area (TPSA) is 56.1 Å². The van der Waals surface area contributed by atoms with Gasteiger partial charge in [0, 0.05) is 37.2 Å². The number of amides is 1. The van der Waals surface area contributed by atoms with Crippen LogP contribution in [0.4, 0.5) is 5.13 Å². The Balaban J connectivity index is 1.57. The van der Waals surface area contributed by atoms with Crippen LogP contribution in [0, 0.1) is 0 Å². The molecule has 0 aliphatic carbocycles. The first kappa shape index (κ1) is 14.7. The van der Waals surface area contributed by atoms with Crippen LogP contribution in [0.5, 0.6) is 0 Å². The van der Waals surface area contributed by atoms with Gasteiger partial charge in [0.15, 0.2) is 5.13 Å². The van der Waals surface area contributed by atoms with Crippen LogP contribution < -0.4 is 5.32 Å². The zero-order chi connectivity index (χ0) is 15.4. The van der Waals surface area contributed by atoms with Crippen LogP contribution in [0.1, 0.15) is 12.1 Å². The van der Waals surface area contributed by atoms with Crippen molar-refractivity contribution in [1.29, 1.82) is 0 Å². The fraction of sp³-hybridized carbons (Fsp3) is 0.250. The summed E-state index contributed by atoms with van der Waals surface area (Å²) in [6, 6.07) is 10.2. The highest BCUT2D eigenvalue weighted by molar-refractivity contribution is 7.13. The number of fused-ring (bicyclic) bond motifs is 1. The van der Waals surface area contributed by atoms with Gasteiger partial charge in [-0.2, -0.15) is 0 Å². The third-order valence-corrected chi connectivity index (χ3v) is 4.16. The van der Waals surface area contributed by atoms with Gasteiger partial charge >= 0.3 is 0 Å². The molecule has 0 saturated heterocycles. The molecular weight excluding hydrogens is 298 g/mol. The number of thiazole rings is 1. The molecule has 6 heteroatoms. The van der Waals surface area contributed by atoms with Crippen LogP contribution >= 0.6 is 11.3 Å². The molecule has 3 aromatic rings. The normalized spacial score (nSPS) is 11.0. The molecule has 1 aromatic carbocycles. The van der Waals surface area contributed by atoms with Crippen molar-refractivity contribution in [3.05, 3.63) is 47.6 Å². The molecule has 0 spiro atoms. The quantitative estimate of drug-likeness (QED) is 0.759. The van der Waals surface area contributed by atoms with E-state index in [2.05, 4.69) is 33.1 Å². The van der Waals surface area contributed by atoms with Crippen LogP contribution in [-0.2, 0) is 22.7 Å². The molecule has 0 saturated carbocycles. The first-order valence-electron chi connectivity index (χ1n) is 7.03. The standard InChI is InChI=1S/C16H17N3O2S/c1-21-10-13-11-22-16(17-13)18-15(20)7-9-19-8-6-12-4-2-3-5-14(12)19/h2-6,8,11H,7,9-10H2,1H3,(H,17,18,20). The maximum absolute atomic E-state index is 12.0. The number of ether oxygens (including phenoxy) is 1. The lowest BCUT2D eigenvalue weighted by Gasteiger charge is -2.05. The molecule has 0 radical (unpaired) electrons. The van der Waals surface area contributed by atoms with Crippen molar-refractivity contribution in [3.8, 4) is 0 Å². The Kier molecular flexibility index (Phi) is 4.50. The molecule has 2 aromatic heterocycles. The summed E-state index contributed by atoms with van der Waals surface area (Å²) in [4.78, 5) is 16.3. The third-order valence-electron chi connectivity index (χ3n) is 3.35. The zero-order valence-electron chi connectivity index (χ0n) is 12.3. The highest BCUT2D eigenvalue weighted by atomic mass is 32.1. The van der Waals surface area contributed by atoms with Crippen LogP contribution in [0.3, 0.4) is 0 Å². The van der Waals surface area contributed by atoms with Crippen molar-refractivity contribution in [3.63, 3.8) is 0 Å². The van der Waals surface area contributed by atoms with E-state index >= 15 is 0 Å². The number of hydrogen-bond acceptors (Lipinski definition) is 4. The largest absolute Gasteiger partial charge is 0.378 e. The summed E-state index contributed by atoms with van der Waals surface area (Å²) < 4.78 is 7.10. The van der Waals surface area contributed by atoms with Crippen molar-refractivity contribution in [2.45, 2.75) is 19.6 Å². The lowest BCUT2D eigenvalue weighted by molar-refractivity contribution is -0.116. The average Bonchev–Trinajstić information content (AvgIpc) is 3.12. The fourth-order valence-electron chi connectivity index (χ4n) is 2.32. The van der Waals surface area contributed by atoms with E-state index in [4.69, 9.17) is 4.74 Å². The van der Waals surface area contributed by atoms with Gasteiger partial charge in [0.2, 0.25) is 5.91 Å². The predicted octanol–water partition coefficient (Wildman–Crippen LogP) is 3.27. The number of rotatable bonds is 6. The van der Waals surface area contributed by atoms with E-state index in [-0.39, 0.29) is 5.91 Å². The Morgan fingerprint density at radius 2 is 2.23 bits per heavy atom. The van der Waals surface area contributed by atoms with E-state index in [1.54, 1.807) is 7.11 Å². The average molecular weight is 315 g/mol. The second-order valence-electron chi connectivity index (χ2n) is 4.94. The molecule has 0 aliphatic rings. The van der Waals surface area contributed by atoms with Gasteiger partial charge in [-0.05, 0) is 17.5 Å². The first-order valence-corrected chi connectivity index (χ1v) is 7.91. The molecule has 22 heavy (non-hydrogen) atoms. The monoisotopic (exact) mass is 315 g/mol. The molecule has 0 fully saturated rings. The molecule has 0 atom stereocenters. The van der Waals surface area contributed by atoms with Crippen molar-refractivity contribution < 1.29 is 9.53 Å². The second kappa shape index (κ2) is 6.72. The van der Waals surface area contributed by atoms with Crippen molar-refractivity contribution in [1.82, 2.24) is 9.55 Å². The second-order valence-corrected chi connectivity index (χ2v) is 5.80. The van der Waals surface area contributed by atoms with Gasteiger partial charge in [-0.15, -0.1) is 11.3 Å². The summed E-state index contributed by atoms with van der Waals surface area (Å²) in [7, 11) is 1.62. The van der Waals surface area contributed by atoms with E-state index in [9.17, 15) is 4.79 Å². The Morgan fingerprint density at radius 3 is 3.09 bits per heavy atom. The number of anilines is 1. The van der Waals surface area contributed by atoms with Crippen LogP contribution in [0.15, 0.2) is 41.9 Å². The summed E-state index contributed by atoms with van der Waals surface area (Å²) in [5, 5.41) is 6.53. The number of carbonyl (C=O) groups is 1. The number of aromatic nitrogens is 2. The maximum Gasteiger partial charge on any atom is 0.227 e. The first-order chi connectivity index (χ1) is 10.8. The Hall–Kier alpha value is -2.18. The Morgan fingerprint density at radius 1 is 1.36 bits per heavy atom. The molecule has 1 N–H and O–H groups in total. The summed E-state index contributed by atoms with van der Waals surface area (Å²) in [5.74, 6) is -0.0314. The summed E-state index contributed by atoms with van der Waals surface area (Å²) in [6.45, 7) is 1.11. The maximum atomic E-state index is 12.0. The van der Waals surface area contributed by atoms with Gasteiger partial charge in [-0.25, -0.2) is 4.98 Å². The zero-order valence-corrected chi connectivity index (χ0v) is 13.1. The number of carbonyl (C=O) groups excluding carboxylic acids is 1. The van der Waals surface area contributed by atoms with Gasteiger partial charge < -0.3 is 14.6 Å². The van der Waals surface area contributed by atoms with E-state index in [0.717, 1.165) is 11.2 Å². The predicted molar refractivity (Wildman–Crippen MR) is 88.0 cm³/mol. The lowest BCUT2D eigenvalue weighted by atomic mass is 10.2. The fourth-order valence-corrected chi connectivity index (χ4v) is 3.03. The number of hydrogen-bond donors (Lipinski definition) is 1. The minimum Gasteiger partial charge on any atom is -0.378 e. The van der Waals surface area contributed by atoms with E-state index in [1.165, 1.54) is 16.7 Å². The van der Waals surface area contributed by atoms with Gasteiger partial charge in [-0.1, -0.05) is 18.2 Å². The Bertz CT molecular complexity index is 778. The van der Waals surface area contributed by atoms with Gasteiger partial charge in [0.05, 0.1) is 12.3 Å². The number of methoxy groups -OCH3 is 1. The number of nitrogens with one attached hydrogen (secondary N) is 1. The van der Waals surface area contributed by atoms with Crippen molar-refractivity contribution in [2.75, 3.05) is 12.4 Å². The van der Waals surface area contributed by atoms with Gasteiger partial charge in [0.25, 0.3) is 0 Å². The van der Waals surface area contributed by atoms with Crippen LogP contribution in [0.2, 0.25) is 0 Å². The number of para-hydroxylation sites is 1. The van der Waals surface area contributed by atoms with Gasteiger partial charge in [-0.3, -0.25) is 4.79 Å². The third kappa shape index (κ3) is 3.35. The highest BCUT2D eigenvalue weighted by Gasteiger charge is 2.08. The minimum absolute atomic E-state index is 0.0314. The molecule has 0 unspecified atom stereocenters. The van der Waals surface area contributed by atoms with Gasteiger partial charge in [0.1, 0.15) is 0 Å². The Labute approximate surface area is 132 Å². The molecule has 114 valence electrons.